The van der Waals surface area contributed by atoms with E-state index >= 15 is 0 Å². The summed E-state index contributed by atoms with van der Waals surface area (Å²) >= 11 is 0. The van der Waals surface area contributed by atoms with Crippen LogP contribution in [0.1, 0.15) is 31.6 Å². The zero-order valence-electron chi connectivity index (χ0n) is 17.0. The van der Waals surface area contributed by atoms with Crippen molar-refractivity contribution < 1.29 is 18.7 Å². The number of benzene rings is 1. The average molecular weight is 386 g/mol. The lowest BCUT2D eigenvalue weighted by Crippen LogP contribution is -2.47. The third kappa shape index (κ3) is 6.53. The fourth-order valence-corrected chi connectivity index (χ4v) is 2.95. The Hall–Kier alpha value is -2.60. The number of furan rings is 1. The summed E-state index contributed by atoms with van der Waals surface area (Å²) in [6, 6.07) is 13.7. The zero-order valence-corrected chi connectivity index (χ0v) is 17.0. The molecule has 0 aliphatic heterocycles. The van der Waals surface area contributed by atoms with Gasteiger partial charge in [-0.2, -0.15) is 0 Å². The second-order valence-electron chi connectivity index (χ2n) is 6.84. The molecule has 0 fully saturated rings. The molecule has 0 saturated carbocycles. The standard InChI is InChI=1S/C22H30N2O4/c1-4-18(2)24(22(26)17-27-3)16-21(25)23(15-20-11-8-14-28-20)13-12-19-9-6-5-7-10-19/h5-11,14,18H,4,12-13,15-17H2,1-3H3/t18-/m1/s1. The van der Waals surface area contributed by atoms with Crippen LogP contribution in [-0.2, 0) is 27.3 Å². The second-order valence-corrected chi connectivity index (χ2v) is 6.84. The van der Waals surface area contributed by atoms with Crippen LogP contribution in [0.4, 0.5) is 0 Å². The number of carbonyl (C=O) groups excluding carboxylic acids is 2. The fraction of sp³-hybridized carbons (Fsp3) is 0.455. The maximum absolute atomic E-state index is 13.1. The van der Waals surface area contributed by atoms with Gasteiger partial charge >= 0.3 is 0 Å². The monoisotopic (exact) mass is 386 g/mol. The number of hydrogen-bond donors (Lipinski definition) is 0. The van der Waals surface area contributed by atoms with E-state index in [1.165, 1.54) is 7.11 Å². The number of ether oxygens (including phenoxy) is 1. The van der Waals surface area contributed by atoms with Crippen molar-refractivity contribution in [3.05, 3.63) is 60.1 Å². The molecule has 0 radical (unpaired) electrons. The Morgan fingerprint density at radius 3 is 2.46 bits per heavy atom. The summed E-state index contributed by atoms with van der Waals surface area (Å²) in [4.78, 5) is 28.8. The lowest BCUT2D eigenvalue weighted by atomic mass is 10.1. The highest BCUT2D eigenvalue weighted by Gasteiger charge is 2.25. The molecule has 1 aromatic carbocycles. The van der Waals surface area contributed by atoms with Crippen molar-refractivity contribution in [2.24, 2.45) is 0 Å². The molecule has 1 heterocycles. The molecule has 0 unspecified atom stereocenters. The van der Waals surface area contributed by atoms with E-state index in [-0.39, 0.29) is 31.0 Å². The smallest absolute Gasteiger partial charge is 0.249 e. The van der Waals surface area contributed by atoms with Gasteiger partial charge in [0.1, 0.15) is 18.9 Å². The Kier molecular flexibility index (Phi) is 8.75. The molecule has 6 heteroatoms. The quantitative estimate of drug-likeness (QED) is 0.595. The van der Waals surface area contributed by atoms with Crippen molar-refractivity contribution in [3.63, 3.8) is 0 Å². The van der Waals surface area contributed by atoms with Crippen molar-refractivity contribution in [3.8, 4) is 0 Å². The minimum atomic E-state index is -0.175. The van der Waals surface area contributed by atoms with E-state index in [4.69, 9.17) is 9.15 Å². The highest BCUT2D eigenvalue weighted by Crippen LogP contribution is 2.11. The van der Waals surface area contributed by atoms with Gasteiger partial charge in [-0.1, -0.05) is 37.3 Å². The predicted octanol–water partition coefficient (Wildman–Crippen LogP) is 3.12. The van der Waals surface area contributed by atoms with Crippen LogP contribution in [0.15, 0.2) is 53.1 Å². The van der Waals surface area contributed by atoms with Crippen LogP contribution in [-0.4, -0.2) is 54.5 Å². The zero-order chi connectivity index (χ0) is 20.4. The van der Waals surface area contributed by atoms with Crippen LogP contribution in [0.25, 0.3) is 0 Å². The third-order valence-electron chi connectivity index (χ3n) is 4.81. The van der Waals surface area contributed by atoms with Gasteiger partial charge in [0.2, 0.25) is 11.8 Å². The summed E-state index contributed by atoms with van der Waals surface area (Å²) in [6.45, 7) is 4.88. The molecule has 0 saturated heterocycles. The van der Waals surface area contributed by atoms with Gasteiger partial charge in [0.05, 0.1) is 12.8 Å². The van der Waals surface area contributed by atoms with Crippen molar-refractivity contribution in [2.75, 3.05) is 26.8 Å². The van der Waals surface area contributed by atoms with Crippen LogP contribution in [0.3, 0.4) is 0 Å². The number of amides is 2. The number of carbonyl (C=O) groups is 2. The Morgan fingerprint density at radius 2 is 1.86 bits per heavy atom. The first kappa shape index (κ1) is 21.7. The summed E-state index contributed by atoms with van der Waals surface area (Å²) in [5.74, 6) is 0.447. The van der Waals surface area contributed by atoms with Gasteiger partial charge in [0.25, 0.3) is 0 Å². The number of hydrogen-bond acceptors (Lipinski definition) is 4. The normalized spacial score (nSPS) is 11.8. The Morgan fingerprint density at radius 1 is 1.11 bits per heavy atom. The lowest BCUT2D eigenvalue weighted by Gasteiger charge is -2.31. The first-order valence-corrected chi connectivity index (χ1v) is 9.67. The second kappa shape index (κ2) is 11.3. The van der Waals surface area contributed by atoms with E-state index < -0.39 is 0 Å². The van der Waals surface area contributed by atoms with Crippen LogP contribution in [0, 0.1) is 0 Å². The number of rotatable bonds is 11. The minimum Gasteiger partial charge on any atom is -0.467 e. The molecule has 0 spiro atoms. The fourth-order valence-electron chi connectivity index (χ4n) is 2.95. The van der Waals surface area contributed by atoms with Crippen LogP contribution < -0.4 is 0 Å². The van der Waals surface area contributed by atoms with Gasteiger partial charge in [0, 0.05) is 19.7 Å². The molecule has 152 valence electrons. The summed E-state index contributed by atoms with van der Waals surface area (Å²) in [6.07, 6.45) is 3.11. The van der Waals surface area contributed by atoms with Gasteiger partial charge in [-0.3, -0.25) is 9.59 Å². The molecule has 0 aliphatic carbocycles. The van der Waals surface area contributed by atoms with Crippen LogP contribution in [0.2, 0.25) is 0 Å². The van der Waals surface area contributed by atoms with Crippen LogP contribution in [0.5, 0.6) is 0 Å². The molecule has 6 nitrogen and oxygen atoms in total. The minimum absolute atomic E-state index is 0.0280. The van der Waals surface area contributed by atoms with E-state index in [2.05, 4.69) is 0 Å². The predicted molar refractivity (Wildman–Crippen MR) is 108 cm³/mol. The first-order chi connectivity index (χ1) is 13.5. The lowest BCUT2D eigenvalue weighted by molar-refractivity contribution is -0.145. The molecule has 0 aliphatic rings. The van der Waals surface area contributed by atoms with Gasteiger partial charge in [-0.05, 0) is 37.5 Å². The van der Waals surface area contributed by atoms with E-state index in [0.717, 1.165) is 24.2 Å². The number of nitrogens with zero attached hydrogens (tertiary/aromatic N) is 2. The maximum atomic E-state index is 13.1. The van der Waals surface area contributed by atoms with Gasteiger partial charge in [-0.25, -0.2) is 0 Å². The molecule has 2 amide bonds. The molecule has 1 atom stereocenters. The molecule has 2 rings (SSSR count). The Labute approximate surface area is 167 Å². The molecule has 0 bridgehead atoms. The topological polar surface area (TPSA) is 63.0 Å². The Balaban J connectivity index is 2.10. The molecular weight excluding hydrogens is 356 g/mol. The molecule has 28 heavy (non-hydrogen) atoms. The Bertz CT molecular complexity index is 715. The van der Waals surface area contributed by atoms with E-state index in [9.17, 15) is 9.59 Å². The first-order valence-electron chi connectivity index (χ1n) is 9.67. The average Bonchev–Trinajstić information content (AvgIpc) is 3.22. The highest BCUT2D eigenvalue weighted by atomic mass is 16.5. The van der Waals surface area contributed by atoms with E-state index in [1.54, 1.807) is 16.1 Å². The molecule has 2 aromatic rings. The SMILES string of the molecule is CC[C@@H](C)N(CC(=O)N(CCc1ccccc1)Cc1ccco1)C(=O)COC. The van der Waals surface area contributed by atoms with Crippen molar-refractivity contribution in [1.29, 1.82) is 0 Å². The van der Waals surface area contributed by atoms with Crippen molar-refractivity contribution >= 4 is 11.8 Å². The summed E-state index contributed by atoms with van der Waals surface area (Å²) in [5, 5.41) is 0. The van der Waals surface area contributed by atoms with Crippen LogP contribution >= 0.6 is 0 Å². The summed E-state index contributed by atoms with van der Waals surface area (Å²) in [7, 11) is 1.48. The largest absolute Gasteiger partial charge is 0.467 e. The van der Waals surface area contributed by atoms with E-state index in [1.807, 2.05) is 56.3 Å². The van der Waals surface area contributed by atoms with Gasteiger partial charge < -0.3 is 19.0 Å². The van der Waals surface area contributed by atoms with Crippen molar-refractivity contribution in [2.45, 2.75) is 39.3 Å². The maximum Gasteiger partial charge on any atom is 0.249 e. The number of methoxy groups -OCH3 is 1. The summed E-state index contributed by atoms with van der Waals surface area (Å²) < 4.78 is 10.4. The summed E-state index contributed by atoms with van der Waals surface area (Å²) in [5.41, 5.74) is 1.16. The molecular formula is C22H30N2O4. The molecule has 0 N–H and O–H groups in total. The van der Waals surface area contributed by atoms with E-state index in [0.29, 0.717) is 13.1 Å². The highest BCUT2D eigenvalue weighted by molar-refractivity contribution is 5.85. The van der Waals surface area contributed by atoms with Gasteiger partial charge in [0.15, 0.2) is 0 Å². The third-order valence-corrected chi connectivity index (χ3v) is 4.81. The molecule has 1 aromatic heterocycles. The van der Waals surface area contributed by atoms with Crippen molar-refractivity contribution in [1.82, 2.24) is 9.80 Å². The van der Waals surface area contributed by atoms with Gasteiger partial charge in [-0.15, -0.1) is 0 Å².